The van der Waals surface area contributed by atoms with Crippen molar-refractivity contribution in [3.05, 3.63) is 51.2 Å². The van der Waals surface area contributed by atoms with Gasteiger partial charge in [-0.3, -0.25) is 24.7 Å². The molecule has 0 bridgehead atoms. The molecule has 0 unspecified atom stereocenters. The minimum Gasteiger partial charge on any atom is -0.270 e. The van der Waals surface area contributed by atoms with Gasteiger partial charge in [0.1, 0.15) is 0 Å². The van der Waals surface area contributed by atoms with Gasteiger partial charge >= 0.3 is 0 Å². The number of carbonyl (C=O) groups excluding carboxylic acids is 2. The van der Waals surface area contributed by atoms with Gasteiger partial charge in [-0.15, -0.1) is 11.3 Å². The molecule has 154 valence electrons. The highest BCUT2D eigenvalue weighted by molar-refractivity contribution is 7.93. The summed E-state index contributed by atoms with van der Waals surface area (Å²) < 4.78 is 25.3. The smallest absolute Gasteiger partial charge is 0.270 e. The van der Waals surface area contributed by atoms with Crippen molar-refractivity contribution < 1.29 is 18.0 Å². The van der Waals surface area contributed by atoms with Gasteiger partial charge in [0.25, 0.3) is 11.8 Å². The number of amides is 2. The first-order chi connectivity index (χ1) is 13.9. The average Bonchev–Trinajstić information content (AvgIpc) is 3.21. The molecule has 1 aliphatic heterocycles. The van der Waals surface area contributed by atoms with Crippen molar-refractivity contribution in [2.75, 3.05) is 16.6 Å². The number of benzene rings is 1. The summed E-state index contributed by atoms with van der Waals surface area (Å²) in [6, 6.07) is 8.25. The number of aryl methyl sites for hydroxylation is 2. The predicted molar refractivity (Wildman–Crippen MR) is 113 cm³/mol. The second-order valence-electron chi connectivity index (χ2n) is 7.32. The molecule has 1 aliphatic carbocycles. The molecule has 2 amide bonds. The van der Waals surface area contributed by atoms with Crippen LogP contribution in [0.3, 0.4) is 0 Å². The molecule has 1 aromatic heterocycles. The molecule has 2 heterocycles. The summed E-state index contributed by atoms with van der Waals surface area (Å²) in [4.78, 5) is 26.6. The van der Waals surface area contributed by atoms with Gasteiger partial charge in [-0.2, -0.15) is 0 Å². The Hall–Kier alpha value is -2.39. The van der Waals surface area contributed by atoms with Crippen molar-refractivity contribution in [2.24, 2.45) is 0 Å². The lowest BCUT2D eigenvalue weighted by molar-refractivity contribution is 0.0849. The molecule has 9 heteroatoms. The topological polar surface area (TPSA) is 95.6 Å². The van der Waals surface area contributed by atoms with Crippen LogP contribution < -0.4 is 15.2 Å². The van der Waals surface area contributed by atoms with E-state index in [1.807, 2.05) is 6.07 Å². The molecule has 0 atom stereocenters. The van der Waals surface area contributed by atoms with Crippen molar-refractivity contribution in [3.63, 3.8) is 0 Å². The van der Waals surface area contributed by atoms with Crippen LogP contribution >= 0.6 is 11.3 Å². The Bertz CT molecular complexity index is 1000. The summed E-state index contributed by atoms with van der Waals surface area (Å²) in [5, 5.41) is 0. The van der Waals surface area contributed by atoms with Crippen LogP contribution in [0, 0.1) is 0 Å². The largest absolute Gasteiger partial charge is 0.279 e. The normalized spacial score (nSPS) is 18.0. The summed E-state index contributed by atoms with van der Waals surface area (Å²) >= 11 is 1.49. The van der Waals surface area contributed by atoms with Crippen LogP contribution in [0.25, 0.3) is 0 Å². The molecule has 7 nitrogen and oxygen atoms in total. The highest BCUT2D eigenvalue weighted by Crippen LogP contribution is 2.29. The van der Waals surface area contributed by atoms with E-state index in [4.69, 9.17) is 0 Å². The minimum absolute atomic E-state index is 0.146. The number of hydrogen-bond acceptors (Lipinski definition) is 5. The molecule has 2 aromatic rings. The number of carbonyl (C=O) groups is 2. The van der Waals surface area contributed by atoms with Crippen molar-refractivity contribution in [3.8, 4) is 0 Å². The molecule has 1 aromatic carbocycles. The molecule has 4 rings (SSSR count). The van der Waals surface area contributed by atoms with Crippen LogP contribution in [-0.4, -0.2) is 32.5 Å². The standard InChI is InChI=1S/C20H23N3O4S2/c24-19(14-7-9-16(10-8-14)23-11-4-12-29(23,26)27)21-22-20(25)18-13-15-5-2-1-3-6-17(15)28-18/h7-10,13H,1-6,11-12H2,(H,21,24)(H,22,25). The summed E-state index contributed by atoms with van der Waals surface area (Å²) in [7, 11) is -3.25. The molecular weight excluding hydrogens is 410 g/mol. The van der Waals surface area contributed by atoms with E-state index >= 15 is 0 Å². The van der Waals surface area contributed by atoms with Gasteiger partial charge in [-0.1, -0.05) is 6.42 Å². The third-order valence-electron chi connectivity index (χ3n) is 5.28. The monoisotopic (exact) mass is 433 g/mol. The van der Waals surface area contributed by atoms with Gasteiger partial charge < -0.3 is 0 Å². The van der Waals surface area contributed by atoms with E-state index in [2.05, 4.69) is 10.9 Å². The highest BCUT2D eigenvalue weighted by Gasteiger charge is 2.28. The molecule has 0 spiro atoms. The number of fused-ring (bicyclic) bond motifs is 1. The highest BCUT2D eigenvalue weighted by atomic mass is 32.2. The zero-order valence-electron chi connectivity index (χ0n) is 15.9. The van der Waals surface area contributed by atoms with E-state index in [-0.39, 0.29) is 11.7 Å². The maximum atomic E-state index is 12.4. The summed E-state index contributed by atoms with van der Waals surface area (Å²) in [5.74, 6) is -0.628. The Morgan fingerprint density at radius 3 is 2.38 bits per heavy atom. The molecule has 1 fully saturated rings. The zero-order chi connectivity index (χ0) is 20.4. The summed E-state index contributed by atoms with van der Waals surface area (Å²) in [6.07, 6.45) is 6.14. The maximum absolute atomic E-state index is 12.4. The molecule has 1 saturated heterocycles. The Balaban J connectivity index is 1.36. The van der Waals surface area contributed by atoms with Crippen LogP contribution in [-0.2, 0) is 22.9 Å². The predicted octanol–water partition coefficient (Wildman–Crippen LogP) is 2.63. The van der Waals surface area contributed by atoms with Crippen molar-refractivity contribution >= 4 is 38.9 Å². The van der Waals surface area contributed by atoms with Crippen molar-refractivity contribution in [2.45, 2.75) is 38.5 Å². The number of hydrogen-bond donors (Lipinski definition) is 2. The first kappa shape index (κ1) is 19.9. The van der Waals surface area contributed by atoms with Crippen LogP contribution in [0.4, 0.5) is 5.69 Å². The minimum atomic E-state index is -3.25. The lowest BCUT2D eigenvalue weighted by Crippen LogP contribution is -2.41. The van der Waals surface area contributed by atoms with Gasteiger partial charge in [0.05, 0.1) is 16.3 Å². The molecule has 0 saturated carbocycles. The number of hydrazine groups is 1. The van der Waals surface area contributed by atoms with Crippen molar-refractivity contribution in [1.82, 2.24) is 10.9 Å². The van der Waals surface area contributed by atoms with Gasteiger partial charge in [0, 0.05) is 17.0 Å². The van der Waals surface area contributed by atoms with E-state index in [0.717, 1.165) is 25.7 Å². The number of sulfonamides is 1. The van der Waals surface area contributed by atoms with E-state index in [1.165, 1.54) is 32.5 Å². The quantitative estimate of drug-likeness (QED) is 0.575. The number of rotatable bonds is 3. The molecular formula is C20H23N3O4S2. The number of thiophene rings is 1. The first-order valence-electron chi connectivity index (χ1n) is 9.77. The van der Waals surface area contributed by atoms with E-state index in [0.29, 0.717) is 29.1 Å². The lowest BCUT2D eigenvalue weighted by atomic mass is 10.1. The fourth-order valence-corrected chi connectivity index (χ4v) is 6.45. The summed E-state index contributed by atoms with van der Waals surface area (Å²) in [5.41, 5.74) is 7.03. The van der Waals surface area contributed by atoms with Gasteiger partial charge in [-0.05, 0) is 68.0 Å². The Morgan fingerprint density at radius 1 is 0.931 bits per heavy atom. The third kappa shape index (κ3) is 4.30. The second-order valence-corrected chi connectivity index (χ2v) is 10.5. The average molecular weight is 434 g/mol. The molecule has 29 heavy (non-hydrogen) atoms. The number of nitrogens with one attached hydrogen (secondary N) is 2. The molecule has 2 N–H and O–H groups in total. The van der Waals surface area contributed by atoms with E-state index < -0.39 is 15.9 Å². The van der Waals surface area contributed by atoms with Crippen LogP contribution in [0.15, 0.2) is 30.3 Å². The van der Waals surface area contributed by atoms with E-state index in [1.54, 1.807) is 24.3 Å². The molecule has 2 aliphatic rings. The fraction of sp³-hybridized carbons (Fsp3) is 0.400. The van der Waals surface area contributed by atoms with E-state index in [9.17, 15) is 18.0 Å². The number of nitrogens with zero attached hydrogens (tertiary/aromatic N) is 1. The van der Waals surface area contributed by atoms with Gasteiger partial charge in [0.2, 0.25) is 10.0 Å². The number of anilines is 1. The Morgan fingerprint density at radius 2 is 1.66 bits per heavy atom. The first-order valence-corrected chi connectivity index (χ1v) is 12.2. The third-order valence-corrected chi connectivity index (χ3v) is 8.38. The van der Waals surface area contributed by atoms with Crippen LogP contribution in [0.1, 0.15) is 56.2 Å². The zero-order valence-corrected chi connectivity index (χ0v) is 17.6. The Labute approximate surface area is 174 Å². The van der Waals surface area contributed by atoms with Crippen LogP contribution in [0.2, 0.25) is 0 Å². The van der Waals surface area contributed by atoms with Gasteiger partial charge in [0.15, 0.2) is 0 Å². The van der Waals surface area contributed by atoms with Crippen molar-refractivity contribution in [1.29, 1.82) is 0 Å². The SMILES string of the molecule is O=C(NNC(=O)c1cc2c(s1)CCCCC2)c1ccc(N2CCCS2(=O)=O)cc1. The summed E-state index contributed by atoms with van der Waals surface area (Å²) in [6.45, 7) is 0.453. The fourth-order valence-electron chi connectivity index (χ4n) is 3.74. The Kier molecular flexibility index (Phi) is 5.60. The lowest BCUT2D eigenvalue weighted by Gasteiger charge is -2.17. The second kappa shape index (κ2) is 8.16. The van der Waals surface area contributed by atoms with Crippen LogP contribution in [0.5, 0.6) is 0 Å². The maximum Gasteiger partial charge on any atom is 0.279 e. The molecule has 0 radical (unpaired) electrons. The van der Waals surface area contributed by atoms with Gasteiger partial charge in [-0.25, -0.2) is 8.42 Å².